The first-order valence-electron chi connectivity index (χ1n) is 6.67. The Labute approximate surface area is 119 Å². The van der Waals surface area contributed by atoms with Crippen molar-refractivity contribution < 1.29 is 14.3 Å². The van der Waals surface area contributed by atoms with E-state index in [0.717, 1.165) is 13.0 Å². The molecule has 5 nitrogen and oxygen atoms in total. The van der Waals surface area contributed by atoms with Crippen LogP contribution in [0.2, 0.25) is 0 Å². The summed E-state index contributed by atoms with van der Waals surface area (Å²) in [5.41, 5.74) is -0.585. The summed E-state index contributed by atoms with van der Waals surface area (Å²) < 4.78 is 5.32. The van der Waals surface area contributed by atoms with Crippen LogP contribution in [-0.4, -0.2) is 58.3 Å². The van der Waals surface area contributed by atoms with Crippen LogP contribution in [0.15, 0.2) is 0 Å². The minimum atomic E-state index is -0.471. The van der Waals surface area contributed by atoms with Crippen LogP contribution in [-0.2, 0) is 9.53 Å². The van der Waals surface area contributed by atoms with Crippen LogP contribution in [0.25, 0.3) is 0 Å². The number of rotatable bonds is 2. The second-order valence-electron chi connectivity index (χ2n) is 6.33. The van der Waals surface area contributed by atoms with Gasteiger partial charge in [0.1, 0.15) is 5.60 Å². The third-order valence-electron chi connectivity index (χ3n) is 3.62. The van der Waals surface area contributed by atoms with E-state index in [9.17, 15) is 9.59 Å². The van der Waals surface area contributed by atoms with E-state index in [4.69, 9.17) is 4.74 Å². The molecule has 2 saturated heterocycles. The van der Waals surface area contributed by atoms with Crippen molar-refractivity contribution in [3.63, 3.8) is 0 Å². The van der Waals surface area contributed by atoms with Gasteiger partial charge in [0, 0.05) is 26.1 Å². The van der Waals surface area contributed by atoms with Crippen LogP contribution in [0, 0.1) is 0 Å². The van der Waals surface area contributed by atoms with Gasteiger partial charge in [0.2, 0.25) is 5.91 Å². The highest BCUT2D eigenvalue weighted by Crippen LogP contribution is 2.40. The number of amides is 2. The topological polar surface area (TPSA) is 49.9 Å². The zero-order valence-corrected chi connectivity index (χ0v) is 12.7. The standard InChI is InChI=1S/C13H22N2O3S/c1-12(2,3)18-11(17)14-8-13(9-14)5-6-15(13)10(16)4-7-19/h19H,4-9H2,1-3H3. The highest BCUT2D eigenvalue weighted by molar-refractivity contribution is 7.80. The second-order valence-corrected chi connectivity index (χ2v) is 6.78. The molecule has 0 N–H and O–H groups in total. The van der Waals surface area contributed by atoms with Gasteiger partial charge in [-0.25, -0.2) is 4.79 Å². The summed E-state index contributed by atoms with van der Waals surface area (Å²) in [5.74, 6) is 0.714. The quantitative estimate of drug-likeness (QED) is 0.783. The van der Waals surface area contributed by atoms with Crippen LogP contribution in [0.3, 0.4) is 0 Å². The molecular formula is C13H22N2O3S. The molecule has 0 radical (unpaired) electrons. The molecule has 0 aromatic carbocycles. The van der Waals surface area contributed by atoms with Crippen molar-refractivity contribution >= 4 is 24.6 Å². The van der Waals surface area contributed by atoms with Crippen molar-refractivity contribution in [1.29, 1.82) is 0 Å². The van der Waals surface area contributed by atoms with E-state index >= 15 is 0 Å². The first-order valence-corrected chi connectivity index (χ1v) is 7.30. The molecule has 2 fully saturated rings. The number of likely N-dealkylation sites (tertiary alicyclic amines) is 2. The average Bonchev–Trinajstić information content (AvgIpc) is 2.10. The second kappa shape index (κ2) is 4.89. The molecule has 0 atom stereocenters. The van der Waals surface area contributed by atoms with E-state index in [1.165, 1.54) is 0 Å². The van der Waals surface area contributed by atoms with Gasteiger partial charge in [-0.05, 0) is 32.9 Å². The molecule has 2 rings (SSSR count). The van der Waals surface area contributed by atoms with Crippen LogP contribution in [0.4, 0.5) is 4.79 Å². The predicted molar refractivity (Wildman–Crippen MR) is 75.3 cm³/mol. The Morgan fingerprint density at radius 1 is 1.32 bits per heavy atom. The summed E-state index contributed by atoms with van der Waals surface area (Å²) in [6.45, 7) is 7.56. The first-order chi connectivity index (χ1) is 8.77. The van der Waals surface area contributed by atoms with Crippen molar-refractivity contribution in [2.45, 2.75) is 44.8 Å². The smallest absolute Gasteiger partial charge is 0.410 e. The predicted octanol–water partition coefficient (Wildman–Crippen LogP) is 1.53. The van der Waals surface area contributed by atoms with Crippen molar-refractivity contribution in [3.8, 4) is 0 Å². The molecule has 0 saturated carbocycles. The molecule has 2 amide bonds. The molecule has 0 aromatic rings. The van der Waals surface area contributed by atoms with Crippen LogP contribution in [0.5, 0.6) is 0 Å². The normalized spacial score (nSPS) is 20.8. The lowest BCUT2D eigenvalue weighted by Crippen LogP contribution is -2.78. The Morgan fingerprint density at radius 2 is 1.95 bits per heavy atom. The van der Waals surface area contributed by atoms with E-state index < -0.39 is 5.60 Å². The van der Waals surface area contributed by atoms with E-state index in [2.05, 4.69) is 12.6 Å². The lowest BCUT2D eigenvalue weighted by Gasteiger charge is -2.62. The van der Waals surface area contributed by atoms with E-state index in [1.807, 2.05) is 25.7 Å². The van der Waals surface area contributed by atoms with Gasteiger partial charge >= 0.3 is 6.09 Å². The Balaban J connectivity index is 1.85. The fourth-order valence-electron chi connectivity index (χ4n) is 2.61. The van der Waals surface area contributed by atoms with Gasteiger partial charge in [0.25, 0.3) is 0 Å². The number of nitrogens with zero attached hydrogens (tertiary/aromatic N) is 2. The van der Waals surface area contributed by atoms with Crippen molar-refractivity contribution in [2.24, 2.45) is 0 Å². The molecule has 19 heavy (non-hydrogen) atoms. The molecule has 6 heteroatoms. The van der Waals surface area contributed by atoms with Crippen molar-refractivity contribution in [3.05, 3.63) is 0 Å². The summed E-state index contributed by atoms with van der Waals surface area (Å²) in [7, 11) is 0. The van der Waals surface area contributed by atoms with Crippen LogP contribution in [0.1, 0.15) is 33.6 Å². The molecular weight excluding hydrogens is 264 g/mol. The number of ether oxygens (including phenoxy) is 1. The lowest BCUT2D eigenvalue weighted by atomic mass is 9.77. The van der Waals surface area contributed by atoms with E-state index in [1.54, 1.807) is 4.90 Å². The summed E-state index contributed by atoms with van der Waals surface area (Å²) in [6.07, 6.45) is 1.16. The zero-order chi connectivity index (χ0) is 14.3. The summed E-state index contributed by atoms with van der Waals surface area (Å²) in [6, 6.07) is 0. The highest BCUT2D eigenvalue weighted by atomic mass is 32.1. The number of carbonyl (C=O) groups is 2. The number of hydrogen-bond donors (Lipinski definition) is 1. The van der Waals surface area contributed by atoms with E-state index in [-0.39, 0.29) is 17.5 Å². The largest absolute Gasteiger partial charge is 0.444 e. The van der Waals surface area contributed by atoms with Gasteiger partial charge < -0.3 is 14.5 Å². The van der Waals surface area contributed by atoms with Gasteiger partial charge in [0.15, 0.2) is 0 Å². The molecule has 0 aromatic heterocycles. The van der Waals surface area contributed by atoms with Gasteiger partial charge in [-0.3, -0.25) is 4.79 Å². The van der Waals surface area contributed by atoms with Crippen molar-refractivity contribution in [2.75, 3.05) is 25.4 Å². The fourth-order valence-corrected chi connectivity index (χ4v) is 2.80. The number of thiol groups is 1. The fraction of sp³-hybridized carbons (Fsp3) is 0.846. The maximum absolute atomic E-state index is 11.9. The van der Waals surface area contributed by atoms with Gasteiger partial charge in [-0.1, -0.05) is 0 Å². The molecule has 108 valence electrons. The van der Waals surface area contributed by atoms with E-state index in [0.29, 0.717) is 25.3 Å². The molecule has 1 spiro atoms. The monoisotopic (exact) mass is 286 g/mol. The average molecular weight is 286 g/mol. The molecule has 0 bridgehead atoms. The minimum Gasteiger partial charge on any atom is -0.444 e. The maximum atomic E-state index is 11.9. The Kier molecular flexibility index (Phi) is 3.73. The summed E-state index contributed by atoms with van der Waals surface area (Å²) in [4.78, 5) is 27.3. The van der Waals surface area contributed by atoms with Crippen LogP contribution < -0.4 is 0 Å². The molecule has 0 aliphatic carbocycles. The summed E-state index contributed by atoms with van der Waals surface area (Å²) in [5, 5.41) is 0. The SMILES string of the molecule is CC(C)(C)OC(=O)N1CC2(CCN2C(=O)CCS)C1. The summed E-state index contributed by atoms with van der Waals surface area (Å²) >= 11 is 4.09. The van der Waals surface area contributed by atoms with Crippen LogP contribution >= 0.6 is 12.6 Å². The zero-order valence-electron chi connectivity index (χ0n) is 11.8. The first kappa shape index (κ1) is 14.5. The van der Waals surface area contributed by atoms with Crippen molar-refractivity contribution in [1.82, 2.24) is 9.80 Å². The van der Waals surface area contributed by atoms with Gasteiger partial charge in [-0.15, -0.1) is 0 Å². The molecule has 0 unspecified atom stereocenters. The lowest BCUT2D eigenvalue weighted by molar-refractivity contribution is -0.164. The van der Waals surface area contributed by atoms with Gasteiger partial charge in [0.05, 0.1) is 5.54 Å². The molecule has 2 heterocycles. The van der Waals surface area contributed by atoms with Gasteiger partial charge in [-0.2, -0.15) is 12.6 Å². The third kappa shape index (κ3) is 2.83. The number of carbonyl (C=O) groups excluding carboxylic acids is 2. The highest BCUT2D eigenvalue weighted by Gasteiger charge is 2.56. The Morgan fingerprint density at radius 3 is 2.37 bits per heavy atom. The molecule has 2 aliphatic heterocycles. The maximum Gasteiger partial charge on any atom is 0.410 e. The third-order valence-corrected chi connectivity index (χ3v) is 3.85. The molecule has 2 aliphatic rings. The Bertz CT molecular complexity index is 386. The Hall–Kier alpha value is -0.910. The minimum absolute atomic E-state index is 0.114. The number of hydrogen-bond acceptors (Lipinski definition) is 4.